The average Bonchev–Trinajstić information content (AvgIpc) is 3.10. The van der Waals surface area contributed by atoms with Crippen molar-refractivity contribution in [3.05, 3.63) is 80.4 Å². The Morgan fingerprint density at radius 1 is 1.07 bits per heavy atom. The zero-order valence-electron chi connectivity index (χ0n) is 14.8. The molecule has 0 bridgehead atoms. The van der Waals surface area contributed by atoms with E-state index < -0.39 is 0 Å². The molecule has 1 heterocycles. The highest BCUT2D eigenvalue weighted by molar-refractivity contribution is 7.07. The number of rotatable bonds is 3. The Morgan fingerprint density at radius 3 is 2.68 bits per heavy atom. The standard InChI is InChI=1S/C21H15Cl2N3OS/c1-24-21-26(19(12-28-21)16-8-7-14(22)10-18(16)23)25-11-17-15-5-3-2-4-13(15)6-9-20(17)27/h2-12,27H,1H3. The van der Waals surface area contributed by atoms with Gasteiger partial charge in [-0.15, -0.1) is 11.3 Å². The largest absolute Gasteiger partial charge is 0.507 e. The lowest BCUT2D eigenvalue weighted by atomic mass is 10.0. The molecule has 1 aromatic heterocycles. The van der Waals surface area contributed by atoms with Crippen molar-refractivity contribution in [2.24, 2.45) is 10.1 Å². The van der Waals surface area contributed by atoms with Crippen molar-refractivity contribution in [2.45, 2.75) is 0 Å². The number of hydrogen-bond acceptors (Lipinski definition) is 4. The summed E-state index contributed by atoms with van der Waals surface area (Å²) in [5.74, 6) is 0.166. The maximum Gasteiger partial charge on any atom is 0.205 e. The van der Waals surface area contributed by atoms with Crippen LogP contribution in [0, 0.1) is 0 Å². The minimum absolute atomic E-state index is 0.166. The van der Waals surface area contributed by atoms with Crippen molar-refractivity contribution in [3.63, 3.8) is 0 Å². The van der Waals surface area contributed by atoms with Crippen molar-refractivity contribution in [1.82, 2.24) is 4.68 Å². The molecule has 0 unspecified atom stereocenters. The monoisotopic (exact) mass is 427 g/mol. The molecule has 28 heavy (non-hydrogen) atoms. The summed E-state index contributed by atoms with van der Waals surface area (Å²) < 4.78 is 1.71. The van der Waals surface area contributed by atoms with Gasteiger partial charge in [-0.2, -0.15) is 5.10 Å². The molecule has 0 spiro atoms. The summed E-state index contributed by atoms with van der Waals surface area (Å²) >= 11 is 13.9. The molecule has 0 aliphatic carbocycles. The van der Waals surface area contributed by atoms with Crippen LogP contribution in [-0.2, 0) is 0 Å². The lowest BCUT2D eigenvalue weighted by Gasteiger charge is -2.07. The number of hydrogen-bond donors (Lipinski definition) is 1. The molecule has 0 aliphatic rings. The fourth-order valence-corrected chi connectivity index (χ4v) is 4.28. The van der Waals surface area contributed by atoms with Crippen molar-refractivity contribution in [1.29, 1.82) is 0 Å². The molecule has 0 aliphatic heterocycles. The summed E-state index contributed by atoms with van der Waals surface area (Å²) in [5.41, 5.74) is 2.24. The van der Waals surface area contributed by atoms with Gasteiger partial charge >= 0.3 is 0 Å². The average molecular weight is 428 g/mol. The van der Waals surface area contributed by atoms with Gasteiger partial charge in [-0.3, -0.25) is 4.99 Å². The van der Waals surface area contributed by atoms with E-state index in [4.69, 9.17) is 23.2 Å². The molecule has 0 amide bonds. The van der Waals surface area contributed by atoms with Crippen molar-refractivity contribution in [3.8, 4) is 17.0 Å². The Bertz CT molecular complexity index is 1270. The maximum absolute atomic E-state index is 10.4. The van der Waals surface area contributed by atoms with E-state index in [2.05, 4.69) is 10.1 Å². The fraction of sp³-hybridized carbons (Fsp3) is 0.0476. The molecule has 0 radical (unpaired) electrons. The molecule has 0 atom stereocenters. The van der Waals surface area contributed by atoms with Crippen LogP contribution in [0.1, 0.15) is 5.56 Å². The third kappa shape index (κ3) is 3.44. The van der Waals surface area contributed by atoms with E-state index in [0.717, 1.165) is 22.0 Å². The molecule has 0 fully saturated rings. The summed E-state index contributed by atoms with van der Waals surface area (Å²) in [7, 11) is 1.71. The van der Waals surface area contributed by atoms with Crippen LogP contribution in [0.4, 0.5) is 0 Å². The Kier molecular flexibility index (Phi) is 5.22. The summed E-state index contributed by atoms with van der Waals surface area (Å²) in [4.78, 5) is 5.00. The van der Waals surface area contributed by atoms with Gasteiger partial charge in [0.1, 0.15) is 5.75 Å². The predicted molar refractivity (Wildman–Crippen MR) is 118 cm³/mol. The van der Waals surface area contributed by atoms with Gasteiger partial charge in [0.05, 0.1) is 16.9 Å². The highest BCUT2D eigenvalue weighted by Crippen LogP contribution is 2.31. The number of phenolic OH excluding ortho intramolecular Hbond substituents is 1. The van der Waals surface area contributed by atoms with Gasteiger partial charge in [0.25, 0.3) is 0 Å². The maximum atomic E-state index is 10.4. The Hall–Kier alpha value is -2.60. The lowest BCUT2D eigenvalue weighted by Crippen LogP contribution is -2.11. The van der Waals surface area contributed by atoms with E-state index in [1.54, 1.807) is 36.1 Å². The van der Waals surface area contributed by atoms with Gasteiger partial charge in [-0.1, -0.05) is 53.5 Å². The zero-order valence-corrected chi connectivity index (χ0v) is 17.1. The first kappa shape index (κ1) is 18.7. The second-order valence-electron chi connectivity index (χ2n) is 6.03. The molecule has 140 valence electrons. The predicted octanol–water partition coefficient (Wildman–Crippen LogP) is 5.79. The minimum atomic E-state index is 0.166. The SMILES string of the molecule is CN=c1scc(-c2ccc(Cl)cc2Cl)n1N=Cc1c(O)ccc2ccccc12. The van der Waals surface area contributed by atoms with Gasteiger partial charge in [0, 0.05) is 28.6 Å². The first-order chi connectivity index (χ1) is 13.6. The molecule has 1 N–H and O–H groups in total. The second kappa shape index (κ2) is 7.80. The molecule has 0 saturated carbocycles. The molecule has 4 nitrogen and oxygen atoms in total. The van der Waals surface area contributed by atoms with Crippen LogP contribution in [0.15, 0.2) is 70.1 Å². The van der Waals surface area contributed by atoms with Gasteiger partial charge in [0.2, 0.25) is 4.80 Å². The summed E-state index contributed by atoms with van der Waals surface area (Å²) in [6.07, 6.45) is 1.65. The number of benzene rings is 3. The normalized spacial score (nSPS) is 12.3. The molecule has 7 heteroatoms. The number of phenols is 1. The molecule has 4 aromatic rings. The zero-order chi connectivity index (χ0) is 19.7. The third-order valence-electron chi connectivity index (χ3n) is 4.33. The Labute approximate surface area is 175 Å². The number of fused-ring (bicyclic) bond motifs is 1. The van der Waals surface area contributed by atoms with E-state index >= 15 is 0 Å². The fourth-order valence-electron chi connectivity index (χ4n) is 2.98. The van der Waals surface area contributed by atoms with Crippen LogP contribution >= 0.6 is 34.5 Å². The molecule has 4 rings (SSSR count). The topological polar surface area (TPSA) is 49.9 Å². The van der Waals surface area contributed by atoms with E-state index in [1.807, 2.05) is 41.8 Å². The third-order valence-corrected chi connectivity index (χ3v) is 5.79. The van der Waals surface area contributed by atoms with E-state index in [-0.39, 0.29) is 5.75 Å². The van der Waals surface area contributed by atoms with Crippen LogP contribution in [-0.4, -0.2) is 23.0 Å². The smallest absolute Gasteiger partial charge is 0.205 e. The van der Waals surface area contributed by atoms with Gasteiger partial charge < -0.3 is 5.11 Å². The van der Waals surface area contributed by atoms with Gasteiger partial charge in [-0.05, 0) is 35.0 Å². The van der Waals surface area contributed by atoms with Crippen LogP contribution < -0.4 is 4.80 Å². The van der Waals surface area contributed by atoms with Gasteiger partial charge in [0.15, 0.2) is 0 Å². The van der Waals surface area contributed by atoms with Crippen molar-refractivity contribution >= 4 is 51.5 Å². The number of thiazole rings is 1. The molecular formula is C21H15Cl2N3OS. The van der Waals surface area contributed by atoms with E-state index in [9.17, 15) is 5.11 Å². The molecule has 0 saturated heterocycles. The van der Waals surface area contributed by atoms with Crippen LogP contribution in [0.3, 0.4) is 0 Å². The first-order valence-electron chi connectivity index (χ1n) is 8.42. The lowest BCUT2D eigenvalue weighted by molar-refractivity contribution is 0.475. The number of halogens is 2. The summed E-state index contributed by atoms with van der Waals surface area (Å²) in [5, 5.41) is 20.0. The summed E-state index contributed by atoms with van der Waals surface area (Å²) in [6.45, 7) is 0. The molecule has 3 aromatic carbocycles. The Morgan fingerprint density at radius 2 is 1.89 bits per heavy atom. The van der Waals surface area contributed by atoms with Crippen LogP contribution in [0.5, 0.6) is 5.75 Å². The van der Waals surface area contributed by atoms with Crippen LogP contribution in [0.25, 0.3) is 22.0 Å². The highest BCUT2D eigenvalue weighted by Gasteiger charge is 2.12. The first-order valence-corrected chi connectivity index (χ1v) is 10.1. The number of aromatic nitrogens is 1. The van der Waals surface area contributed by atoms with E-state index in [0.29, 0.717) is 20.4 Å². The molecular weight excluding hydrogens is 413 g/mol. The number of nitrogens with zero attached hydrogens (tertiary/aromatic N) is 3. The minimum Gasteiger partial charge on any atom is -0.507 e. The second-order valence-corrected chi connectivity index (χ2v) is 7.71. The van der Waals surface area contributed by atoms with Crippen molar-refractivity contribution < 1.29 is 5.11 Å². The summed E-state index contributed by atoms with van der Waals surface area (Å²) in [6, 6.07) is 16.7. The van der Waals surface area contributed by atoms with Gasteiger partial charge in [-0.25, -0.2) is 4.68 Å². The number of aromatic hydroxyl groups is 1. The van der Waals surface area contributed by atoms with Crippen LogP contribution in [0.2, 0.25) is 10.0 Å². The highest BCUT2D eigenvalue weighted by atomic mass is 35.5. The Balaban J connectivity index is 1.88. The van der Waals surface area contributed by atoms with E-state index in [1.165, 1.54) is 11.3 Å². The van der Waals surface area contributed by atoms with Crippen molar-refractivity contribution in [2.75, 3.05) is 7.05 Å². The quantitative estimate of drug-likeness (QED) is 0.413.